The maximum Gasteiger partial charge on any atom is 0.225 e. The van der Waals surface area contributed by atoms with E-state index in [-0.39, 0.29) is 5.84 Å². The van der Waals surface area contributed by atoms with Gasteiger partial charge in [0.25, 0.3) is 0 Å². The molecule has 3 N–H and O–H groups in total. The molecule has 2 heterocycles. The molecule has 0 aliphatic carbocycles. The maximum absolute atomic E-state index is 8.61. The third-order valence-electron chi connectivity index (χ3n) is 2.70. The van der Waals surface area contributed by atoms with Crippen LogP contribution in [0.2, 0.25) is 0 Å². The molecule has 0 spiro atoms. The lowest BCUT2D eigenvalue weighted by atomic mass is 10.2. The average molecular weight is 272 g/mol. The zero-order chi connectivity index (χ0) is 14.2. The SMILES string of the molecule is N/C(CCN(Cc1cccnc1)c1ncccn1)=N\O. The van der Waals surface area contributed by atoms with Crippen molar-refractivity contribution in [2.45, 2.75) is 13.0 Å². The molecule has 0 bridgehead atoms. The first-order chi connectivity index (χ1) is 9.79. The second kappa shape index (κ2) is 7.03. The summed E-state index contributed by atoms with van der Waals surface area (Å²) in [5, 5.41) is 11.6. The van der Waals surface area contributed by atoms with Crippen molar-refractivity contribution in [1.29, 1.82) is 0 Å². The molecular formula is C13H16N6O. The van der Waals surface area contributed by atoms with Gasteiger partial charge in [-0.2, -0.15) is 0 Å². The zero-order valence-electron chi connectivity index (χ0n) is 10.9. The third-order valence-corrected chi connectivity index (χ3v) is 2.70. The number of nitrogens with two attached hydrogens (primary N) is 1. The second-order valence-corrected chi connectivity index (χ2v) is 4.17. The van der Waals surface area contributed by atoms with Crippen LogP contribution in [0.15, 0.2) is 48.1 Å². The summed E-state index contributed by atoms with van der Waals surface area (Å²) < 4.78 is 0. The van der Waals surface area contributed by atoms with Crippen LogP contribution in [0.5, 0.6) is 0 Å². The lowest BCUT2D eigenvalue weighted by molar-refractivity contribution is 0.317. The van der Waals surface area contributed by atoms with E-state index in [4.69, 9.17) is 10.9 Å². The minimum atomic E-state index is 0.178. The Hall–Kier alpha value is -2.70. The minimum absolute atomic E-state index is 0.178. The highest BCUT2D eigenvalue weighted by Gasteiger charge is 2.10. The van der Waals surface area contributed by atoms with Gasteiger partial charge in [-0.3, -0.25) is 4.98 Å². The molecule has 104 valence electrons. The molecule has 0 radical (unpaired) electrons. The molecule has 0 aliphatic rings. The monoisotopic (exact) mass is 272 g/mol. The van der Waals surface area contributed by atoms with Crippen molar-refractivity contribution in [3.63, 3.8) is 0 Å². The number of oxime groups is 1. The van der Waals surface area contributed by atoms with Gasteiger partial charge >= 0.3 is 0 Å². The van der Waals surface area contributed by atoms with E-state index in [1.54, 1.807) is 30.9 Å². The maximum atomic E-state index is 8.61. The van der Waals surface area contributed by atoms with Crippen molar-refractivity contribution >= 4 is 11.8 Å². The normalized spacial score (nSPS) is 11.3. The number of nitrogens with zero attached hydrogens (tertiary/aromatic N) is 5. The fourth-order valence-electron chi connectivity index (χ4n) is 1.72. The van der Waals surface area contributed by atoms with Gasteiger partial charge in [-0.1, -0.05) is 11.2 Å². The van der Waals surface area contributed by atoms with E-state index in [0.29, 0.717) is 25.5 Å². The Labute approximate surface area is 116 Å². The fourth-order valence-corrected chi connectivity index (χ4v) is 1.72. The van der Waals surface area contributed by atoms with Crippen LogP contribution in [-0.4, -0.2) is 32.5 Å². The molecule has 0 amide bonds. The summed E-state index contributed by atoms with van der Waals surface area (Å²) in [6.07, 6.45) is 7.31. The van der Waals surface area contributed by atoms with Gasteiger partial charge in [0.15, 0.2) is 0 Å². The van der Waals surface area contributed by atoms with Gasteiger partial charge in [0.1, 0.15) is 5.84 Å². The third kappa shape index (κ3) is 3.91. The number of pyridine rings is 1. The van der Waals surface area contributed by atoms with Crippen molar-refractivity contribution in [2.75, 3.05) is 11.4 Å². The number of rotatable bonds is 6. The Morgan fingerprint density at radius 2 is 2.05 bits per heavy atom. The van der Waals surface area contributed by atoms with Crippen LogP contribution in [-0.2, 0) is 6.54 Å². The first-order valence-corrected chi connectivity index (χ1v) is 6.17. The molecular weight excluding hydrogens is 256 g/mol. The van der Waals surface area contributed by atoms with Crippen molar-refractivity contribution in [2.24, 2.45) is 10.9 Å². The lowest BCUT2D eigenvalue weighted by Crippen LogP contribution is -2.29. The summed E-state index contributed by atoms with van der Waals surface area (Å²) in [7, 11) is 0. The predicted octanol–water partition coefficient (Wildman–Crippen LogP) is 1.01. The van der Waals surface area contributed by atoms with Crippen LogP contribution in [0.4, 0.5) is 5.95 Å². The number of amidine groups is 1. The highest BCUT2D eigenvalue weighted by atomic mass is 16.4. The summed E-state index contributed by atoms with van der Waals surface area (Å²) in [6, 6.07) is 5.62. The molecule has 0 saturated carbocycles. The number of aromatic nitrogens is 3. The van der Waals surface area contributed by atoms with Crippen LogP contribution in [0.1, 0.15) is 12.0 Å². The van der Waals surface area contributed by atoms with Gasteiger partial charge in [0.05, 0.1) is 0 Å². The van der Waals surface area contributed by atoms with E-state index in [9.17, 15) is 0 Å². The summed E-state index contributed by atoms with van der Waals surface area (Å²) in [6.45, 7) is 1.16. The first kappa shape index (κ1) is 13.7. The van der Waals surface area contributed by atoms with Crippen LogP contribution in [0, 0.1) is 0 Å². The topological polar surface area (TPSA) is 101 Å². The first-order valence-electron chi connectivity index (χ1n) is 6.17. The van der Waals surface area contributed by atoms with Crippen LogP contribution in [0.3, 0.4) is 0 Å². The van der Waals surface area contributed by atoms with Crippen molar-refractivity contribution in [1.82, 2.24) is 15.0 Å². The fraction of sp³-hybridized carbons (Fsp3) is 0.231. The summed E-state index contributed by atoms with van der Waals surface area (Å²) >= 11 is 0. The van der Waals surface area contributed by atoms with Gasteiger partial charge in [-0.15, -0.1) is 0 Å². The van der Waals surface area contributed by atoms with Crippen molar-refractivity contribution < 1.29 is 5.21 Å². The van der Waals surface area contributed by atoms with E-state index in [1.807, 2.05) is 17.0 Å². The molecule has 0 aromatic carbocycles. The van der Waals surface area contributed by atoms with E-state index < -0.39 is 0 Å². The summed E-state index contributed by atoms with van der Waals surface area (Å²) in [4.78, 5) is 14.5. The van der Waals surface area contributed by atoms with Gasteiger partial charge < -0.3 is 15.8 Å². The Morgan fingerprint density at radius 1 is 1.25 bits per heavy atom. The Kier molecular flexibility index (Phi) is 4.82. The minimum Gasteiger partial charge on any atom is -0.409 e. The van der Waals surface area contributed by atoms with Crippen LogP contribution >= 0.6 is 0 Å². The molecule has 7 nitrogen and oxygen atoms in total. The van der Waals surface area contributed by atoms with Crippen LogP contribution < -0.4 is 10.6 Å². The second-order valence-electron chi connectivity index (χ2n) is 4.17. The van der Waals surface area contributed by atoms with E-state index in [1.165, 1.54) is 0 Å². The highest BCUT2D eigenvalue weighted by Crippen LogP contribution is 2.11. The van der Waals surface area contributed by atoms with Gasteiger partial charge in [0.2, 0.25) is 5.95 Å². The number of hydrogen-bond donors (Lipinski definition) is 2. The van der Waals surface area contributed by atoms with Gasteiger partial charge in [-0.25, -0.2) is 9.97 Å². The van der Waals surface area contributed by atoms with Gasteiger partial charge in [-0.05, 0) is 17.7 Å². The number of hydrogen-bond acceptors (Lipinski definition) is 6. The molecule has 0 atom stereocenters. The molecule has 0 aliphatic heterocycles. The van der Waals surface area contributed by atoms with Crippen LogP contribution in [0.25, 0.3) is 0 Å². The molecule has 2 aromatic heterocycles. The summed E-state index contributed by atoms with van der Waals surface area (Å²) in [5.41, 5.74) is 6.55. The van der Waals surface area contributed by atoms with E-state index >= 15 is 0 Å². The predicted molar refractivity (Wildman–Crippen MR) is 75.3 cm³/mol. The van der Waals surface area contributed by atoms with E-state index in [2.05, 4.69) is 20.1 Å². The smallest absolute Gasteiger partial charge is 0.225 e. The Bertz CT molecular complexity index is 545. The van der Waals surface area contributed by atoms with Crippen molar-refractivity contribution in [3.8, 4) is 0 Å². The number of anilines is 1. The van der Waals surface area contributed by atoms with E-state index in [0.717, 1.165) is 5.56 Å². The average Bonchev–Trinajstić information content (AvgIpc) is 2.53. The largest absolute Gasteiger partial charge is 0.409 e. The molecule has 7 heteroatoms. The lowest BCUT2D eigenvalue weighted by Gasteiger charge is -2.22. The van der Waals surface area contributed by atoms with Gasteiger partial charge in [0, 0.05) is 44.3 Å². The molecule has 2 rings (SSSR count). The standard InChI is InChI=1S/C13H16N6O/c14-12(18-20)4-8-19(13-16-6-2-7-17-13)10-11-3-1-5-15-9-11/h1-3,5-7,9,20H,4,8,10H2,(H2,14,18). The molecule has 2 aromatic rings. The zero-order valence-corrected chi connectivity index (χ0v) is 10.9. The molecule has 0 fully saturated rings. The Morgan fingerprint density at radius 3 is 2.70 bits per heavy atom. The molecule has 20 heavy (non-hydrogen) atoms. The quantitative estimate of drug-likeness (QED) is 0.352. The molecule has 0 saturated heterocycles. The summed E-state index contributed by atoms with van der Waals surface area (Å²) in [5.74, 6) is 0.777. The molecule has 0 unspecified atom stereocenters. The van der Waals surface area contributed by atoms with Crippen molar-refractivity contribution in [3.05, 3.63) is 48.5 Å². The Balaban J connectivity index is 2.12. The highest BCUT2D eigenvalue weighted by molar-refractivity contribution is 5.80.